The Morgan fingerprint density at radius 3 is 2.62 bits per heavy atom. The maximum atomic E-state index is 8.98. The summed E-state index contributed by atoms with van der Waals surface area (Å²) in [6, 6.07) is 3.89. The van der Waals surface area contributed by atoms with E-state index in [1.54, 1.807) is 0 Å². The number of aliphatic hydroxyl groups is 2. The number of aromatic nitrogens is 1. The van der Waals surface area contributed by atoms with Crippen LogP contribution >= 0.6 is 11.3 Å². The lowest BCUT2D eigenvalue weighted by Gasteiger charge is -2.24. The molecule has 88 valence electrons. The Labute approximate surface area is 97.3 Å². The number of hydrogen-bond acceptors (Lipinski definition) is 5. The fourth-order valence-corrected chi connectivity index (χ4v) is 2.55. The van der Waals surface area contributed by atoms with Crippen LogP contribution in [0.4, 0.5) is 5.00 Å². The maximum absolute atomic E-state index is 8.98. The van der Waals surface area contributed by atoms with Gasteiger partial charge in [-0.15, -0.1) is 11.3 Å². The molecule has 2 aromatic heterocycles. The van der Waals surface area contributed by atoms with Gasteiger partial charge in [-0.3, -0.25) is 4.68 Å². The van der Waals surface area contributed by atoms with E-state index in [4.69, 9.17) is 15.9 Å². The molecule has 0 spiro atoms. The third-order valence-electron chi connectivity index (χ3n) is 2.39. The second-order valence-electron chi connectivity index (χ2n) is 3.46. The number of nitrogens with two attached hydrogens (primary N) is 1. The zero-order valence-electron chi connectivity index (χ0n) is 8.83. The molecule has 0 aliphatic rings. The SMILES string of the molecule is Nc1cc2c(ccn2N(CCO)CCO)s1. The summed E-state index contributed by atoms with van der Waals surface area (Å²) in [4.78, 5) is 0. The largest absolute Gasteiger partial charge is 0.394 e. The van der Waals surface area contributed by atoms with Gasteiger partial charge < -0.3 is 21.0 Å². The molecule has 0 atom stereocenters. The van der Waals surface area contributed by atoms with Crippen LogP contribution in [0.2, 0.25) is 0 Å². The minimum atomic E-state index is 0.0549. The van der Waals surface area contributed by atoms with Crippen molar-refractivity contribution < 1.29 is 10.2 Å². The molecule has 4 N–H and O–H groups in total. The highest BCUT2D eigenvalue weighted by Gasteiger charge is 2.10. The van der Waals surface area contributed by atoms with Gasteiger partial charge in [-0.1, -0.05) is 0 Å². The van der Waals surface area contributed by atoms with Crippen molar-refractivity contribution in [3.8, 4) is 0 Å². The van der Waals surface area contributed by atoms with E-state index in [9.17, 15) is 0 Å². The van der Waals surface area contributed by atoms with Gasteiger partial charge in [0.05, 0.1) is 41.5 Å². The normalized spacial score (nSPS) is 11.1. The summed E-state index contributed by atoms with van der Waals surface area (Å²) in [7, 11) is 0. The quantitative estimate of drug-likeness (QED) is 0.699. The molecule has 0 aliphatic carbocycles. The smallest absolute Gasteiger partial charge is 0.0885 e. The number of nitrogens with zero attached hydrogens (tertiary/aromatic N) is 2. The van der Waals surface area contributed by atoms with Crippen molar-refractivity contribution >= 4 is 26.6 Å². The molecule has 0 saturated heterocycles. The van der Waals surface area contributed by atoms with Gasteiger partial charge in [0.2, 0.25) is 0 Å². The van der Waals surface area contributed by atoms with Gasteiger partial charge in [-0.25, -0.2) is 0 Å². The number of thiophene rings is 1. The van der Waals surface area contributed by atoms with Crippen molar-refractivity contribution in [2.75, 3.05) is 37.0 Å². The minimum Gasteiger partial charge on any atom is -0.394 e. The molecule has 0 radical (unpaired) electrons. The van der Waals surface area contributed by atoms with Crippen molar-refractivity contribution in [1.82, 2.24) is 4.68 Å². The van der Waals surface area contributed by atoms with E-state index in [1.807, 2.05) is 28.0 Å². The van der Waals surface area contributed by atoms with Crippen LogP contribution in [-0.2, 0) is 0 Å². The van der Waals surface area contributed by atoms with Crippen LogP contribution in [0.15, 0.2) is 18.3 Å². The van der Waals surface area contributed by atoms with Gasteiger partial charge in [-0.2, -0.15) is 0 Å². The number of nitrogen functional groups attached to an aromatic ring is 1. The lowest BCUT2D eigenvalue weighted by Crippen LogP contribution is -2.38. The molecule has 0 amide bonds. The highest BCUT2D eigenvalue weighted by Crippen LogP contribution is 2.28. The summed E-state index contributed by atoms with van der Waals surface area (Å²) < 4.78 is 3.03. The van der Waals surface area contributed by atoms with Gasteiger partial charge >= 0.3 is 0 Å². The summed E-state index contributed by atoms with van der Waals surface area (Å²) >= 11 is 1.53. The van der Waals surface area contributed by atoms with E-state index < -0.39 is 0 Å². The predicted octanol–water partition coefficient (Wildman–Crippen LogP) is 0.208. The fraction of sp³-hybridized carbons (Fsp3) is 0.400. The molecule has 0 fully saturated rings. The molecule has 0 saturated carbocycles. The topological polar surface area (TPSA) is 74.7 Å². The number of fused-ring (bicyclic) bond motifs is 1. The molecule has 0 unspecified atom stereocenters. The van der Waals surface area contributed by atoms with E-state index in [1.165, 1.54) is 11.3 Å². The molecule has 6 heteroatoms. The molecule has 2 rings (SSSR count). The zero-order chi connectivity index (χ0) is 11.5. The maximum Gasteiger partial charge on any atom is 0.0885 e. The summed E-state index contributed by atoms with van der Waals surface area (Å²) in [5.41, 5.74) is 6.76. The molecule has 2 aromatic rings. The van der Waals surface area contributed by atoms with Crippen molar-refractivity contribution in [2.24, 2.45) is 0 Å². The number of aliphatic hydroxyl groups excluding tert-OH is 2. The highest BCUT2D eigenvalue weighted by molar-refractivity contribution is 7.22. The summed E-state index contributed by atoms with van der Waals surface area (Å²) in [6.45, 7) is 1.08. The first-order valence-corrected chi connectivity index (χ1v) is 5.91. The van der Waals surface area contributed by atoms with Gasteiger partial charge in [-0.05, 0) is 12.1 Å². The van der Waals surface area contributed by atoms with E-state index in [2.05, 4.69) is 0 Å². The minimum absolute atomic E-state index is 0.0549. The van der Waals surface area contributed by atoms with Crippen LogP contribution in [0, 0.1) is 0 Å². The van der Waals surface area contributed by atoms with E-state index >= 15 is 0 Å². The van der Waals surface area contributed by atoms with Crippen LogP contribution in [0.25, 0.3) is 10.2 Å². The Hall–Kier alpha value is -1.24. The average Bonchev–Trinajstić information content (AvgIpc) is 2.76. The third kappa shape index (κ3) is 1.99. The van der Waals surface area contributed by atoms with Crippen LogP contribution in [0.1, 0.15) is 0 Å². The van der Waals surface area contributed by atoms with Crippen LogP contribution in [0.5, 0.6) is 0 Å². The number of hydrogen-bond donors (Lipinski definition) is 3. The Bertz CT molecular complexity index is 460. The molecular weight excluding hydrogens is 226 g/mol. The molecule has 16 heavy (non-hydrogen) atoms. The summed E-state index contributed by atoms with van der Waals surface area (Å²) in [5, 5.41) is 20.6. The first-order chi connectivity index (χ1) is 7.76. The van der Waals surface area contributed by atoms with Crippen molar-refractivity contribution in [3.63, 3.8) is 0 Å². The molecule has 0 aliphatic heterocycles. The predicted molar refractivity (Wildman–Crippen MR) is 66.4 cm³/mol. The Balaban J connectivity index is 2.34. The first-order valence-electron chi connectivity index (χ1n) is 5.09. The zero-order valence-corrected chi connectivity index (χ0v) is 9.65. The summed E-state index contributed by atoms with van der Waals surface area (Å²) in [5.74, 6) is 0. The monoisotopic (exact) mass is 241 g/mol. The second kappa shape index (κ2) is 4.73. The van der Waals surface area contributed by atoms with Crippen molar-refractivity contribution in [3.05, 3.63) is 18.3 Å². The fourth-order valence-electron chi connectivity index (χ4n) is 1.74. The van der Waals surface area contributed by atoms with Crippen LogP contribution < -0.4 is 10.7 Å². The van der Waals surface area contributed by atoms with E-state index in [0.29, 0.717) is 13.1 Å². The van der Waals surface area contributed by atoms with Crippen LogP contribution in [0.3, 0.4) is 0 Å². The molecule has 5 nitrogen and oxygen atoms in total. The van der Waals surface area contributed by atoms with Gasteiger partial charge in [0.1, 0.15) is 0 Å². The van der Waals surface area contributed by atoms with Crippen LogP contribution in [-0.4, -0.2) is 41.2 Å². The lowest BCUT2D eigenvalue weighted by molar-refractivity contribution is 0.266. The van der Waals surface area contributed by atoms with Gasteiger partial charge in [0.25, 0.3) is 0 Å². The van der Waals surface area contributed by atoms with Gasteiger partial charge in [0.15, 0.2) is 0 Å². The third-order valence-corrected chi connectivity index (χ3v) is 3.31. The highest BCUT2D eigenvalue weighted by atomic mass is 32.1. The second-order valence-corrected chi connectivity index (χ2v) is 4.57. The average molecular weight is 241 g/mol. The van der Waals surface area contributed by atoms with Crippen molar-refractivity contribution in [1.29, 1.82) is 0 Å². The molecule has 0 aromatic carbocycles. The Morgan fingerprint density at radius 2 is 2.00 bits per heavy atom. The Morgan fingerprint density at radius 1 is 1.31 bits per heavy atom. The van der Waals surface area contributed by atoms with Gasteiger partial charge in [0, 0.05) is 6.20 Å². The first kappa shape index (κ1) is 11.3. The summed E-state index contributed by atoms with van der Waals surface area (Å²) in [6.07, 6.45) is 1.92. The molecule has 0 bridgehead atoms. The van der Waals surface area contributed by atoms with Crippen molar-refractivity contribution in [2.45, 2.75) is 0 Å². The van der Waals surface area contributed by atoms with E-state index in [-0.39, 0.29) is 13.2 Å². The molecule has 2 heterocycles. The lowest BCUT2D eigenvalue weighted by atomic mass is 10.5. The number of rotatable bonds is 5. The molecular formula is C10H15N3O2S. The number of anilines is 1. The van der Waals surface area contributed by atoms with E-state index in [0.717, 1.165) is 15.2 Å². The standard InChI is InChI=1S/C10H15N3O2S/c11-10-7-8-9(16-10)1-2-13(8)12(3-5-14)4-6-15/h1-2,7,14-15H,3-6,11H2. The Kier molecular flexibility index (Phi) is 3.33.